The summed E-state index contributed by atoms with van der Waals surface area (Å²) >= 11 is 0. The van der Waals surface area contributed by atoms with Gasteiger partial charge in [0.05, 0.1) is 0 Å². The SMILES string of the molecule is CN(C(=O)Nc1ccc(-c2cccc(F)c2)cc1)C1CCC(C(N)=O)CC1.CN(C(=O)Nc1ccc(-c2cccc(F)c2)cc1)C1CCC(C(N)=O)CC1. The Morgan fingerprint density at radius 2 is 0.852 bits per heavy atom. The van der Waals surface area contributed by atoms with Gasteiger partial charge in [0.15, 0.2) is 0 Å². The van der Waals surface area contributed by atoms with Crippen LogP contribution >= 0.6 is 0 Å². The lowest BCUT2D eigenvalue weighted by Gasteiger charge is -2.33. The van der Waals surface area contributed by atoms with Crippen LogP contribution in [0.5, 0.6) is 0 Å². The van der Waals surface area contributed by atoms with Gasteiger partial charge in [-0.15, -0.1) is 0 Å². The first kappa shape index (κ1) is 39.4. The summed E-state index contributed by atoms with van der Waals surface area (Å²) in [6.45, 7) is 0. The molecule has 10 nitrogen and oxygen atoms in total. The van der Waals surface area contributed by atoms with E-state index in [0.29, 0.717) is 11.4 Å². The molecule has 0 atom stereocenters. The van der Waals surface area contributed by atoms with Crippen LogP contribution in [0.2, 0.25) is 0 Å². The second kappa shape index (κ2) is 18.3. The van der Waals surface area contributed by atoms with Crippen LogP contribution in [0.4, 0.5) is 29.7 Å². The smallest absolute Gasteiger partial charge is 0.321 e. The molecule has 54 heavy (non-hydrogen) atoms. The van der Waals surface area contributed by atoms with Gasteiger partial charge in [-0.25, -0.2) is 18.4 Å². The van der Waals surface area contributed by atoms with E-state index in [1.165, 1.54) is 24.3 Å². The molecule has 0 aliphatic heterocycles. The number of nitrogens with two attached hydrogens (primary N) is 2. The highest BCUT2D eigenvalue weighted by molar-refractivity contribution is 5.90. The molecule has 0 unspecified atom stereocenters. The average Bonchev–Trinajstić information content (AvgIpc) is 3.18. The molecule has 284 valence electrons. The van der Waals surface area contributed by atoms with Gasteiger partial charge < -0.3 is 31.9 Å². The first-order valence-electron chi connectivity index (χ1n) is 18.3. The lowest BCUT2D eigenvalue weighted by molar-refractivity contribution is -0.123. The van der Waals surface area contributed by atoms with E-state index < -0.39 is 0 Å². The monoisotopic (exact) mass is 738 g/mol. The molecule has 6 amide bonds. The predicted octanol–water partition coefficient (Wildman–Crippen LogP) is 8.00. The Morgan fingerprint density at radius 1 is 0.519 bits per heavy atom. The fourth-order valence-corrected chi connectivity index (χ4v) is 7.08. The fraction of sp³-hybridized carbons (Fsp3) is 0.333. The fourth-order valence-electron chi connectivity index (χ4n) is 7.08. The third kappa shape index (κ3) is 10.6. The van der Waals surface area contributed by atoms with E-state index in [4.69, 9.17) is 11.5 Å². The van der Waals surface area contributed by atoms with E-state index in [-0.39, 0.29) is 59.4 Å². The molecule has 0 radical (unpaired) electrons. The van der Waals surface area contributed by atoms with E-state index in [9.17, 15) is 28.0 Å². The quantitative estimate of drug-likeness (QED) is 0.145. The van der Waals surface area contributed by atoms with Gasteiger partial charge in [0.25, 0.3) is 0 Å². The molecule has 2 aliphatic rings. The second-order valence-corrected chi connectivity index (χ2v) is 14.1. The highest BCUT2D eigenvalue weighted by atomic mass is 19.1. The van der Waals surface area contributed by atoms with Crippen molar-refractivity contribution in [1.29, 1.82) is 0 Å². The summed E-state index contributed by atoms with van der Waals surface area (Å²) in [5.41, 5.74) is 15.4. The van der Waals surface area contributed by atoms with Crippen LogP contribution in [0, 0.1) is 23.5 Å². The third-order valence-electron chi connectivity index (χ3n) is 10.5. The molecule has 2 fully saturated rings. The molecule has 0 heterocycles. The van der Waals surface area contributed by atoms with E-state index >= 15 is 0 Å². The number of benzene rings is 4. The lowest BCUT2D eigenvalue weighted by atomic mass is 9.85. The van der Waals surface area contributed by atoms with Crippen molar-refractivity contribution in [2.45, 2.75) is 63.5 Å². The maximum Gasteiger partial charge on any atom is 0.321 e. The van der Waals surface area contributed by atoms with E-state index in [1.54, 1.807) is 60.3 Å². The topological polar surface area (TPSA) is 151 Å². The average molecular weight is 739 g/mol. The van der Waals surface area contributed by atoms with Crippen molar-refractivity contribution in [3.63, 3.8) is 0 Å². The zero-order chi connectivity index (χ0) is 38.8. The second-order valence-electron chi connectivity index (χ2n) is 14.1. The van der Waals surface area contributed by atoms with Gasteiger partial charge in [-0.1, -0.05) is 48.5 Å². The molecule has 0 saturated heterocycles. The minimum absolute atomic E-state index is 0.0759. The van der Waals surface area contributed by atoms with E-state index in [2.05, 4.69) is 10.6 Å². The molecule has 4 aromatic rings. The van der Waals surface area contributed by atoms with Crippen LogP contribution in [0.1, 0.15) is 51.4 Å². The molecule has 0 spiro atoms. The van der Waals surface area contributed by atoms with Crippen LogP contribution in [0.15, 0.2) is 97.1 Å². The Labute approximate surface area is 314 Å². The number of hydrogen-bond donors (Lipinski definition) is 4. The van der Waals surface area contributed by atoms with Crippen molar-refractivity contribution in [1.82, 2.24) is 9.80 Å². The first-order chi connectivity index (χ1) is 25.9. The van der Waals surface area contributed by atoms with E-state index in [0.717, 1.165) is 73.6 Å². The number of amides is 6. The van der Waals surface area contributed by atoms with Gasteiger partial charge >= 0.3 is 12.1 Å². The zero-order valence-electron chi connectivity index (χ0n) is 30.6. The molecule has 2 saturated carbocycles. The van der Waals surface area contributed by atoms with Crippen molar-refractivity contribution >= 4 is 35.3 Å². The Morgan fingerprint density at radius 3 is 1.15 bits per heavy atom. The maximum absolute atomic E-state index is 13.3. The van der Waals surface area contributed by atoms with Gasteiger partial charge in [0.1, 0.15) is 11.6 Å². The Kier molecular flexibility index (Phi) is 13.4. The van der Waals surface area contributed by atoms with Crippen molar-refractivity contribution in [2.24, 2.45) is 23.3 Å². The largest absolute Gasteiger partial charge is 0.369 e. The summed E-state index contributed by atoms with van der Waals surface area (Å²) in [5, 5.41) is 5.77. The van der Waals surface area contributed by atoms with Crippen molar-refractivity contribution < 1.29 is 28.0 Å². The Balaban J connectivity index is 0.000000208. The van der Waals surface area contributed by atoms with Gasteiger partial charge in [-0.3, -0.25) is 9.59 Å². The molecule has 6 N–H and O–H groups in total. The normalized spacial score (nSPS) is 19.3. The molecule has 4 aromatic carbocycles. The number of nitrogens with zero attached hydrogens (tertiary/aromatic N) is 2. The van der Waals surface area contributed by atoms with Gasteiger partial charge in [-0.2, -0.15) is 0 Å². The Hall–Kier alpha value is -5.78. The van der Waals surface area contributed by atoms with Crippen LogP contribution < -0.4 is 22.1 Å². The summed E-state index contributed by atoms with van der Waals surface area (Å²) in [5.74, 6) is -1.21. The van der Waals surface area contributed by atoms with Gasteiger partial charge in [0, 0.05) is 49.4 Å². The molecule has 6 rings (SSSR count). The minimum Gasteiger partial charge on any atom is -0.369 e. The Bertz CT molecular complexity index is 1770. The van der Waals surface area contributed by atoms with Gasteiger partial charge in [-0.05, 0) is 122 Å². The molecular formula is C42H48F2N6O4. The van der Waals surface area contributed by atoms with E-state index in [1.807, 2.05) is 36.4 Å². The number of hydrogen-bond acceptors (Lipinski definition) is 4. The zero-order valence-corrected chi connectivity index (χ0v) is 30.6. The summed E-state index contributed by atoms with van der Waals surface area (Å²) in [6, 6.07) is 27.2. The molecule has 0 bridgehead atoms. The first-order valence-corrected chi connectivity index (χ1v) is 18.3. The molecule has 12 heteroatoms. The number of nitrogens with one attached hydrogen (secondary N) is 2. The number of halogens is 2. The highest BCUT2D eigenvalue weighted by Crippen LogP contribution is 2.29. The number of urea groups is 2. The third-order valence-corrected chi connectivity index (χ3v) is 10.5. The van der Waals surface area contributed by atoms with Crippen LogP contribution in [-0.2, 0) is 9.59 Å². The van der Waals surface area contributed by atoms with Crippen molar-refractivity contribution in [3.8, 4) is 22.3 Å². The van der Waals surface area contributed by atoms with Crippen LogP contribution in [0.3, 0.4) is 0 Å². The number of carbonyl (C=O) groups excluding carboxylic acids is 4. The molecule has 2 aliphatic carbocycles. The summed E-state index contributed by atoms with van der Waals surface area (Å²) in [6.07, 6.45) is 5.98. The number of rotatable bonds is 8. The summed E-state index contributed by atoms with van der Waals surface area (Å²) in [4.78, 5) is 50.9. The lowest BCUT2D eigenvalue weighted by Crippen LogP contribution is -2.43. The maximum atomic E-state index is 13.3. The molecule has 0 aromatic heterocycles. The number of carbonyl (C=O) groups is 4. The van der Waals surface area contributed by atoms with Crippen molar-refractivity contribution in [3.05, 3.63) is 109 Å². The molecular weight excluding hydrogens is 690 g/mol. The minimum atomic E-state index is -0.280. The summed E-state index contributed by atoms with van der Waals surface area (Å²) in [7, 11) is 3.54. The van der Waals surface area contributed by atoms with Crippen molar-refractivity contribution in [2.75, 3.05) is 24.7 Å². The highest BCUT2D eigenvalue weighted by Gasteiger charge is 2.30. The predicted molar refractivity (Wildman–Crippen MR) is 207 cm³/mol. The summed E-state index contributed by atoms with van der Waals surface area (Å²) < 4.78 is 26.7. The van der Waals surface area contributed by atoms with Gasteiger partial charge in [0.2, 0.25) is 11.8 Å². The standard InChI is InChI=1S/2C21H24FN3O2/c2*1-25(19-11-7-15(8-12-19)20(23)26)21(27)24-18-9-5-14(6-10-18)16-3-2-4-17(22)13-16/h2*2-6,9-10,13,15,19H,7-8,11-12H2,1H3,(H2,23,26)(H,24,27). The van der Waals surface area contributed by atoms with Crippen LogP contribution in [-0.4, -0.2) is 59.9 Å². The number of anilines is 2. The number of primary amides is 2. The van der Waals surface area contributed by atoms with Crippen LogP contribution in [0.25, 0.3) is 22.3 Å².